The fraction of sp³-hybridized carbons (Fsp3) is 0.417. The van der Waals surface area contributed by atoms with Crippen LogP contribution in [-0.2, 0) is 16.6 Å². The van der Waals surface area contributed by atoms with Crippen molar-refractivity contribution in [3.63, 3.8) is 0 Å². The van der Waals surface area contributed by atoms with Gasteiger partial charge in [-0.25, -0.2) is 18.5 Å². The van der Waals surface area contributed by atoms with Gasteiger partial charge in [-0.2, -0.15) is 0 Å². The van der Waals surface area contributed by atoms with Crippen molar-refractivity contribution in [1.29, 1.82) is 0 Å². The molecule has 0 fully saturated rings. The van der Waals surface area contributed by atoms with Gasteiger partial charge in [-0.15, -0.1) is 0 Å². The van der Waals surface area contributed by atoms with E-state index < -0.39 is 10.0 Å². The molecule has 1 rings (SSSR count). The Hall–Kier alpha value is -1.60. The van der Waals surface area contributed by atoms with Gasteiger partial charge in [0.25, 0.3) is 0 Å². The molecule has 0 amide bonds. The molecule has 0 saturated carbocycles. The highest BCUT2D eigenvalue weighted by atomic mass is 32.2. The number of nitrogens with zero attached hydrogens (tertiary/aromatic N) is 1. The zero-order valence-corrected chi connectivity index (χ0v) is 11.8. The summed E-state index contributed by atoms with van der Waals surface area (Å²) in [5.41, 5.74) is 6.42. The van der Waals surface area contributed by atoms with Gasteiger partial charge in [0.2, 0.25) is 10.0 Å². The first kappa shape index (κ1) is 15.5. The Kier molecular flexibility index (Phi) is 5.78. The molecular formula is C12H20N4O2S. The van der Waals surface area contributed by atoms with Gasteiger partial charge >= 0.3 is 0 Å². The summed E-state index contributed by atoms with van der Waals surface area (Å²) >= 11 is 0. The monoisotopic (exact) mass is 284 g/mol. The van der Waals surface area contributed by atoms with Crippen molar-refractivity contribution in [3.05, 3.63) is 29.8 Å². The van der Waals surface area contributed by atoms with E-state index in [9.17, 15) is 8.42 Å². The van der Waals surface area contributed by atoms with Gasteiger partial charge in [0.05, 0.1) is 11.4 Å². The van der Waals surface area contributed by atoms with E-state index in [1.807, 2.05) is 0 Å². The van der Waals surface area contributed by atoms with E-state index >= 15 is 0 Å². The van der Waals surface area contributed by atoms with Crippen LogP contribution in [0.25, 0.3) is 0 Å². The largest absolute Gasteiger partial charge is 0.370 e. The molecule has 19 heavy (non-hydrogen) atoms. The van der Waals surface area contributed by atoms with E-state index in [0.717, 1.165) is 24.9 Å². The summed E-state index contributed by atoms with van der Waals surface area (Å²) in [5, 5.41) is 8.05. The molecule has 0 spiro atoms. The molecule has 0 aliphatic heterocycles. The fourth-order valence-electron chi connectivity index (χ4n) is 1.45. The van der Waals surface area contributed by atoms with Crippen LogP contribution >= 0.6 is 0 Å². The first-order chi connectivity index (χ1) is 8.93. The van der Waals surface area contributed by atoms with Gasteiger partial charge in [0.1, 0.15) is 0 Å². The van der Waals surface area contributed by atoms with E-state index in [-0.39, 0.29) is 4.90 Å². The van der Waals surface area contributed by atoms with Crippen molar-refractivity contribution < 1.29 is 8.42 Å². The second-order valence-electron chi connectivity index (χ2n) is 4.17. The zero-order chi connectivity index (χ0) is 14.3. The van der Waals surface area contributed by atoms with Crippen molar-refractivity contribution in [3.8, 4) is 0 Å². The van der Waals surface area contributed by atoms with Crippen LogP contribution in [0.2, 0.25) is 0 Å². The molecule has 1 aromatic rings. The van der Waals surface area contributed by atoms with E-state index in [4.69, 9.17) is 10.9 Å². The number of nitrogens with one attached hydrogen (secondary N) is 1. The Morgan fingerprint density at radius 1 is 1.42 bits per heavy atom. The number of hydrogen-bond donors (Lipinski definition) is 3. The minimum atomic E-state index is -3.68. The predicted octanol–water partition coefficient (Wildman–Crippen LogP) is 0.538. The maximum Gasteiger partial charge on any atom is 0.238 e. The standard InChI is InChI=1S/C12H20N4O2S/c1-2-3-7-15-12(13)16-9-10-5-4-6-11(8-10)19(14,17)18/h4-6,8H,2-3,7,9H2,1H3,(H3,13,15,16)(H2,14,17,18). The van der Waals surface area contributed by atoms with Gasteiger partial charge in [-0.05, 0) is 24.1 Å². The molecule has 0 aliphatic carbocycles. The third-order valence-corrected chi connectivity index (χ3v) is 3.41. The predicted molar refractivity (Wildman–Crippen MR) is 76.1 cm³/mol. The van der Waals surface area contributed by atoms with Crippen LogP contribution in [0, 0.1) is 0 Å². The Morgan fingerprint density at radius 2 is 2.16 bits per heavy atom. The zero-order valence-electron chi connectivity index (χ0n) is 11.0. The van der Waals surface area contributed by atoms with E-state index in [0.29, 0.717) is 12.5 Å². The number of benzene rings is 1. The summed E-state index contributed by atoms with van der Waals surface area (Å²) in [6.07, 6.45) is 2.10. The highest BCUT2D eigenvalue weighted by molar-refractivity contribution is 7.89. The van der Waals surface area contributed by atoms with Crippen LogP contribution in [0.15, 0.2) is 34.2 Å². The summed E-state index contributed by atoms with van der Waals surface area (Å²) in [7, 11) is -3.68. The molecule has 0 bridgehead atoms. The molecule has 0 radical (unpaired) electrons. The third kappa shape index (κ3) is 5.71. The molecule has 6 nitrogen and oxygen atoms in total. The van der Waals surface area contributed by atoms with E-state index in [1.165, 1.54) is 12.1 Å². The van der Waals surface area contributed by atoms with Crippen molar-refractivity contribution in [2.45, 2.75) is 31.2 Å². The Labute approximate surface area is 114 Å². The molecule has 0 aromatic heterocycles. The average Bonchev–Trinajstić information content (AvgIpc) is 2.36. The van der Waals surface area contributed by atoms with Crippen LogP contribution in [0.1, 0.15) is 25.3 Å². The quantitative estimate of drug-likeness (QED) is 0.402. The lowest BCUT2D eigenvalue weighted by molar-refractivity contribution is 0.597. The molecule has 106 valence electrons. The van der Waals surface area contributed by atoms with Crippen molar-refractivity contribution in [2.75, 3.05) is 6.54 Å². The summed E-state index contributed by atoms with van der Waals surface area (Å²) in [4.78, 5) is 4.22. The molecule has 0 atom stereocenters. The Morgan fingerprint density at radius 3 is 2.79 bits per heavy atom. The van der Waals surface area contributed by atoms with Gasteiger partial charge in [0.15, 0.2) is 5.96 Å². The van der Waals surface area contributed by atoms with E-state index in [1.54, 1.807) is 12.1 Å². The minimum Gasteiger partial charge on any atom is -0.370 e. The van der Waals surface area contributed by atoms with Crippen LogP contribution in [0.5, 0.6) is 0 Å². The van der Waals surface area contributed by atoms with E-state index in [2.05, 4.69) is 17.2 Å². The number of unbranched alkanes of at least 4 members (excludes halogenated alkanes) is 1. The van der Waals surface area contributed by atoms with Crippen LogP contribution in [0.4, 0.5) is 0 Å². The second-order valence-corrected chi connectivity index (χ2v) is 5.74. The number of sulfonamides is 1. The maximum atomic E-state index is 11.2. The van der Waals surface area contributed by atoms with Crippen molar-refractivity contribution >= 4 is 16.0 Å². The Balaban J connectivity index is 2.65. The smallest absolute Gasteiger partial charge is 0.238 e. The van der Waals surface area contributed by atoms with Crippen LogP contribution in [0.3, 0.4) is 0 Å². The minimum absolute atomic E-state index is 0.0812. The van der Waals surface area contributed by atoms with Crippen molar-refractivity contribution in [1.82, 2.24) is 5.32 Å². The summed E-state index contributed by atoms with van der Waals surface area (Å²) in [6, 6.07) is 6.35. The topological polar surface area (TPSA) is 111 Å². The Bertz CT molecular complexity index is 540. The third-order valence-electron chi connectivity index (χ3n) is 2.50. The van der Waals surface area contributed by atoms with Crippen LogP contribution in [-0.4, -0.2) is 20.9 Å². The molecule has 0 saturated heterocycles. The number of hydrogen-bond acceptors (Lipinski definition) is 3. The number of aliphatic imine (C=N–C) groups is 1. The lowest BCUT2D eigenvalue weighted by Gasteiger charge is -2.05. The first-order valence-corrected chi connectivity index (χ1v) is 7.63. The van der Waals surface area contributed by atoms with Crippen molar-refractivity contribution in [2.24, 2.45) is 15.9 Å². The first-order valence-electron chi connectivity index (χ1n) is 6.09. The van der Waals surface area contributed by atoms with Gasteiger partial charge < -0.3 is 11.1 Å². The molecular weight excluding hydrogens is 264 g/mol. The SMILES string of the molecule is CCCCNC(N)=NCc1cccc(S(N)(=O)=O)c1. The van der Waals surface area contributed by atoms with Gasteiger partial charge in [-0.1, -0.05) is 25.5 Å². The molecule has 0 unspecified atom stereocenters. The molecule has 7 heteroatoms. The normalized spacial score (nSPS) is 12.4. The van der Waals surface area contributed by atoms with Gasteiger partial charge in [0, 0.05) is 6.54 Å². The lowest BCUT2D eigenvalue weighted by atomic mass is 10.2. The molecule has 5 N–H and O–H groups in total. The second kappa shape index (κ2) is 7.10. The maximum absolute atomic E-state index is 11.2. The molecule has 1 aromatic carbocycles. The lowest BCUT2D eigenvalue weighted by Crippen LogP contribution is -2.32. The number of primary sulfonamides is 1. The summed E-state index contributed by atoms with van der Waals surface area (Å²) in [5.74, 6) is 0.356. The number of rotatable bonds is 6. The highest BCUT2D eigenvalue weighted by Gasteiger charge is 2.07. The molecule has 0 aliphatic rings. The summed E-state index contributed by atoms with van der Waals surface area (Å²) in [6.45, 7) is 3.19. The number of guanidine groups is 1. The van der Waals surface area contributed by atoms with Gasteiger partial charge in [-0.3, -0.25) is 0 Å². The molecule has 0 heterocycles. The highest BCUT2D eigenvalue weighted by Crippen LogP contribution is 2.10. The number of nitrogens with two attached hydrogens (primary N) is 2. The summed E-state index contributed by atoms with van der Waals surface area (Å²) < 4.78 is 22.4. The fourth-order valence-corrected chi connectivity index (χ4v) is 2.03. The van der Waals surface area contributed by atoms with Crippen LogP contribution < -0.4 is 16.2 Å². The average molecular weight is 284 g/mol.